The van der Waals surface area contributed by atoms with Gasteiger partial charge in [0.1, 0.15) is 0 Å². The van der Waals surface area contributed by atoms with Gasteiger partial charge in [-0.3, -0.25) is 15.0 Å². The summed E-state index contributed by atoms with van der Waals surface area (Å²) in [4.78, 5) is 14.7. The first-order valence-electron chi connectivity index (χ1n) is 12.2. The van der Waals surface area contributed by atoms with Gasteiger partial charge < -0.3 is 0 Å². The molecule has 0 atom stereocenters. The number of pyridine rings is 3. The summed E-state index contributed by atoms with van der Waals surface area (Å²) in [6, 6.07) is 44.0. The zero-order chi connectivity index (χ0) is 24.9. The van der Waals surface area contributed by atoms with E-state index in [9.17, 15) is 0 Å². The highest BCUT2D eigenvalue weighted by Crippen LogP contribution is 2.41. The fourth-order valence-corrected chi connectivity index (χ4v) is 7.26. The second-order valence-corrected chi connectivity index (χ2v) is 10.7. The second kappa shape index (κ2) is 10.7. The highest BCUT2D eigenvalue weighted by atomic mass is 31.1. The van der Waals surface area contributed by atoms with E-state index < -0.39 is 7.92 Å². The van der Waals surface area contributed by atoms with Crippen molar-refractivity contribution < 1.29 is 0 Å². The number of rotatable bonds is 6. The zero-order valence-corrected chi connectivity index (χ0v) is 21.0. The lowest BCUT2D eigenvalue weighted by Crippen LogP contribution is -2.26. The first-order chi connectivity index (χ1) is 18.4. The molecule has 6 rings (SSSR count). The van der Waals surface area contributed by atoms with E-state index in [1.165, 1.54) is 15.9 Å². The molecule has 0 bridgehead atoms. The number of benzene rings is 3. The van der Waals surface area contributed by atoms with Crippen molar-refractivity contribution >= 4 is 23.8 Å². The second-order valence-electron chi connectivity index (χ2n) is 8.55. The fraction of sp³-hybridized carbons (Fsp3) is 0. The SMILES string of the molecule is c1ccc(-c2ncccc2P(c2cccnc2-c2ccccc2)c2cccnc2-c2ccccc2)cc1. The van der Waals surface area contributed by atoms with Gasteiger partial charge in [0, 0.05) is 51.2 Å². The molecule has 0 amide bonds. The standard InChI is InChI=1S/C33H24N3P/c1-4-13-25(14-5-1)31-28(19-10-22-34-31)37(29-20-11-23-35-32(29)26-15-6-2-7-16-26)30-21-12-24-36-33(30)27-17-8-3-9-18-27/h1-24H. The Morgan fingerprint density at radius 1 is 0.324 bits per heavy atom. The Morgan fingerprint density at radius 2 is 0.622 bits per heavy atom. The predicted octanol–water partition coefficient (Wildman–Crippen LogP) is 6.63. The van der Waals surface area contributed by atoms with Crippen LogP contribution in [0, 0.1) is 0 Å². The van der Waals surface area contributed by atoms with Crippen LogP contribution in [-0.2, 0) is 0 Å². The van der Waals surface area contributed by atoms with Crippen molar-refractivity contribution in [2.75, 3.05) is 0 Å². The molecule has 0 aliphatic rings. The van der Waals surface area contributed by atoms with E-state index in [0.717, 1.165) is 33.8 Å². The molecule has 0 spiro atoms. The maximum Gasteiger partial charge on any atom is 0.0785 e. The molecular weight excluding hydrogens is 469 g/mol. The molecule has 0 saturated heterocycles. The van der Waals surface area contributed by atoms with Gasteiger partial charge in [-0.2, -0.15) is 0 Å². The van der Waals surface area contributed by atoms with Gasteiger partial charge in [0.25, 0.3) is 0 Å². The number of aromatic nitrogens is 3. The molecule has 0 radical (unpaired) electrons. The molecule has 3 aromatic heterocycles. The van der Waals surface area contributed by atoms with Crippen LogP contribution in [0.1, 0.15) is 0 Å². The molecule has 0 saturated carbocycles. The van der Waals surface area contributed by atoms with Crippen LogP contribution in [0.15, 0.2) is 146 Å². The number of nitrogens with zero attached hydrogens (tertiary/aromatic N) is 3. The van der Waals surface area contributed by atoms with E-state index in [2.05, 4.69) is 91.0 Å². The van der Waals surface area contributed by atoms with Crippen molar-refractivity contribution in [3.05, 3.63) is 146 Å². The summed E-state index contributed by atoms with van der Waals surface area (Å²) in [6.45, 7) is 0. The largest absolute Gasteiger partial charge is 0.256 e. The average Bonchev–Trinajstić information content (AvgIpc) is 2.99. The lowest BCUT2D eigenvalue weighted by molar-refractivity contribution is 1.33. The van der Waals surface area contributed by atoms with E-state index in [1.807, 2.05) is 55.0 Å². The minimum atomic E-state index is -1.07. The van der Waals surface area contributed by atoms with E-state index in [0.29, 0.717) is 0 Å². The Balaban J connectivity index is 1.66. The van der Waals surface area contributed by atoms with Gasteiger partial charge in [0.2, 0.25) is 0 Å². The van der Waals surface area contributed by atoms with E-state index in [1.54, 1.807) is 0 Å². The van der Waals surface area contributed by atoms with Crippen molar-refractivity contribution in [1.82, 2.24) is 15.0 Å². The lowest BCUT2D eigenvalue weighted by Gasteiger charge is -2.25. The summed E-state index contributed by atoms with van der Waals surface area (Å²) in [5, 5.41) is 3.54. The zero-order valence-electron chi connectivity index (χ0n) is 20.1. The normalized spacial score (nSPS) is 10.9. The van der Waals surface area contributed by atoms with Gasteiger partial charge in [-0.05, 0) is 26.1 Å². The van der Waals surface area contributed by atoms with Crippen LogP contribution in [0.3, 0.4) is 0 Å². The summed E-state index contributed by atoms with van der Waals surface area (Å²) < 4.78 is 0. The summed E-state index contributed by atoms with van der Waals surface area (Å²) in [6.07, 6.45) is 5.63. The van der Waals surface area contributed by atoms with Crippen molar-refractivity contribution in [2.45, 2.75) is 0 Å². The maximum atomic E-state index is 4.90. The van der Waals surface area contributed by atoms with Crippen molar-refractivity contribution in [2.24, 2.45) is 0 Å². The maximum absolute atomic E-state index is 4.90. The predicted molar refractivity (Wildman–Crippen MR) is 155 cm³/mol. The van der Waals surface area contributed by atoms with Crippen molar-refractivity contribution in [3.8, 4) is 33.8 Å². The van der Waals surface area contributed by atoms with E-state index in [4.69, 9.17) is 15.0 Å². The molecule has 3 heterocycles. The topological polar surface area (TPSA) is 38.7 Å². The smallest absolute Gasteiger partial charge is 0.0785 e. The Kier molecular flexibility index (Phi) is 6.62. The van der Waals surface area contributed by atoms with Crippen LogP contribution in [0.25, 0.3) is 33.8 Å². The molecule has 4 heteroatoms. The van der Waals surface area contributed by atoms with Crippen LogP contribution in [0.4, 0.5) is 0 Å². The van der Waals surface area contributed by atoms with Crippen LogP contribution in [0.2, 0.25) is 0 Å². The molecule has 0 aliphatic heterocycles. The van der Waals surface area contributed by atoms with Gasteiger partial charge in [0.15, 0.2) is 0 Å². The highest BCUT2D eigenvalue weighted by molar-refractivity contribution is 7.80. The Morgan fingerprint density at radius 3 is 0.919 bits per heavy atom. The lowest BCUT2D eigenvalue weighted by atomic mass is 10.1. The van der Waals surface area contributed by atoms with Crippen LogP contribution in [0.5, 0.6) is 0 Å². The molecule has 37 heavy (non-hydrogen) atoms. The summed E-state index contributed by atoms with van der Waals surface area (Å²) in [5.74, 6) is 0. The van der Waals surface area contributed by atoms with Gasteiger partial charge in [-0.25, -0.2) is 0 Å². The summed E-state index contributed by atoms with van der Waals surface area (Å²) in [7, 11) is -1.07. The molecule has 6 aromatic rings. The molecule has 176 valence electrons. The third-order valence-electron chi connectivity index (χ3n) is 6.22. The van der Waals surface area contributed by atoms with Crippen LogP contribution < -0.4 is 15.9 Å². The van der Waals surface area contributed by atoms with Gasteiger partial charge in [0.05, 0.1) is 17.1 Å². The Hall–Kier alpha value is -4.46. The summed E-state index contributed by atoms with van der Waals surface area (Å²) in [5.41, 5.74) is 6.25. The number of hydrogen-bond donors (Lipinski definition) is 0. The first-order valence-corrected chi connectivity index (χ1v) is 13.6. The van der Waals surface area contributed by atoms with Gasteiger partial charge in [-0.1, -0.05) is 109 Å². The third kappa shape index (κ3) is 4.70. The van der Waals surface area contributed by atoms with Gasteiger partial charge in [-0.15, -0.1) is 0 Å². The monoisotopic (exact) mass is 493 g/mol. The van der Waals surface area contributed by atoms with Gasteiger partial charge >= 0.3 is 0 Å². The van der Waals surface area contributed by atoms with Crippen LogP contribution >= 0.6 is 7.92 Å². The highest BCUT2D eigenvalue weighted by Gasteiger charge is 2.27. The minimum Gasteiger partial charge on any atom is -0.256 e. The van der Waals surface area contributed by atoms with Crippen molar-refractivity contribution in [3.63, 3.8) is 0 Å². The third-order valence-corrected chi connectivity index (χ3v) is 8.75. The Labute approximate surface area is 218 Å². The molecule has 0 aliphatic carbocycles. The minimum absolute atomic E-state index is 0.986. The Bertz CT molecular complexity index is 1420. The molecule has 0 unspecified atom stereocenters. The first kappa shape index (κ1) is 23.0. The molecule has 0 N–H and O–H groups in total. The van der Waals surface area contributed by atoms with Crippen LogP contribution in [-0.4, -0.2) is 15.0 Å². The fourth-order valence-electron chi connectivity index (χ4n) is 4.58. The molecule has 3 aromatic carbocycles. The molecule has 0 fully saturated rings. The van der Waals surface area contributed by atoms with E-state index >= 15 is 0 Å². The van der Waals surface area contributed by atoms with Crippen molar-refractivity contribution in [1.29, 1.82) is 0 Å². The average molecular weight is 494 g/mol. The van der Waals surface area contributed by atoms with E-state index in [-0.39, 0.29) is 0 Å². The number of hydrogen-bond acceptors (Lipinski definition) is 3. The molecule has 3 nitrogen and oxygen atoms in total. The quantitative estimate of drug-likeness (QED) is 0.245. The molecular formula is C33H24N3P. The summed E-state index contributed by atoms with van der Waals surface area (Å²) >= 11 is 0.